The summed E-state index contributed by atoms with van der Waals surface area (Å²) in [5.41, 5.74) is 18.9. The molecule has 0 fully saturated rings. The summed E-state index contributed by atoms with van der Waals surface area (Å²) < 4.78 is 5.07. The largest absolute Gasteiger partial charge is 0.469 e. The number of benzene rings is 1. The van der Waals surface area contributed by atoms with E-state index in [0.29, 0.717) is 12.8 Å². The fourth-order valence-electron chi connectivity index (χ4n) is 7.76. The Morgan fingerprint density at radius 1 is 1.00 bits per heavy atom. The highest BCUT2D eigenvalue weighted by molar-refractivity contribution is 6.05. The van der Waals surface area contributed by atoms with Crippen molar-refractivity contribution in [2.75, 3.05) is 7.11 Å². The molecule has 0 unspecified atom stereocenters. The number of carbonyl (C=O) groups excluding carboxylic acids is 1. The first-order valence-corrected chi connectivity index (χ1v) is 16.6. The van der Waals surface area contributed by atoms with Crippen LogP contribution in [0.15, 0.2) is 60.7 Å². The van der Waals surface area contributed by atoms with Crippen LogP contribution in [0.3, 0.4) is 0 Å². The van der Waals surface area contributed by atoms with Gasteiger partial charge in [0.15, 0.2) is 0 Å². The molecule has 8 bridgehead atoms. The summed E-state index contributed by atoms with van der Waals surface area (Å²) in [4.78, 5) is 30.6. The van der Waals surface area contributed by atoms with Gasteiger partial charge >= 0.3 is 5.97 Å². The van der Waals surface area contributed by atoms with Crippen LogP contribution in [0.1, 0.15) is 102 Å². The average Bonchev–Trinajstić information content (AvgIpc) is 3.82. The normalized spacial score (nSPS) is 17.9. The van der Waals surface area contributed by atoms with Gasteiger partial charge in [-0.1, -0.05) is 62.9 Å². The van der Waals surface area contributed by atoms with Crippen molar-refractivity contribution in [1.82, 2.24) is 19.9 Å². The molecule has 5 heterocycles. The zero-order chi connectivity index (χ0) is 33.0. The zero-order valence-corrected chi connectivity index (χ0v) is 28.2. The lowest BCUT2D eigenvalue weighted by molar-refractivity contribution is -0.140. The summed E-state index contributed by atoms with van der Waals surface area (Å²) in [5.74, 6) is -0.0383. The minimum absolute atomic E-state index is 0.0551. The van der Waals surface area contributed by atoms with Crippen molar-refractivity contribution < 1.29 is 9.53 Å². The van der Waals surface area contributed by atoms with E-state index in [2.05, 4.69) is 99.7 Å². The highest BCUT2D eigenvalue weighted by atomic mass is 16.5. The van der Waals surface area contributed by atoms with Gasteiger partial charge in [0.2, 0.25) is 0 Å². The molecular formula is C41H42N4O2. The molecule has 238 valence electrons. The van der Waals surface area contributed by atoms with E-state index < -0.39 is 0 Å². The molecule has 2 atom stereocenters. The van der Waals surface area contributed by atoms with Crippen LogP contribution in [-0.4, -0.2) is 33.0 Å². The Hall–Kier alpha value is -4.97. The van der Waals surface area contributed by atoms with E-state index in [1.165, 1.54) is 35.0 Å². The summed E-state index contributed by atoms with van der Waals surface area (Å²) in [6.45, 7) is 15.1. The summed E-state index contributed by atoms with van der Waals surface area (Å²) in [6.07, 6.45) is 6.88. The number of hydrogen-bond donors (Lipinski definition) is 2. The van der Waals surface area contributed by atoms with Gasteiger partial charge in [-0.3, -0.25) is 9.78 Å². The number of allylic oxidation sites excluding steroid dienone is 3. The number of aromatic amines is 2. The number of esters is 1. The number of carbonyl (C=O) groups is 1. The minimum Gasteiger partial charge on any atom is -0.469 e. The molecule has 0 amide bonds. The Balaban J connectivity index is 1.60. The number of aryl methyl sites for hydroxylation is 3. The predicted molar refractivity (Wildman–Crippen MR) is 193 cm³/mol. The van der Waals surface area contributed by atoms with Gasteiger partial charge in [0.1, 0.15) is 0 Å². The van der Waals surface area contributed by atoms with Gasteiger partial charge in [0, 0.05) is 69.1 Å². The van der Waals surface area contributed by atoms with Gasteiger partial charge in [-0.25, -0.2) is 4.98 Å². The molecule has 0 spiro atoms. The molecule has 1 aliphatic carbocycles. The van der Waals surface area contributed by atoms with Gasteiger partial charge in [-0.2, -0.15) is 0 Å². The van der Waals surface area contributed by atoms with E-state index in [1.54, 1.807) is 0 Å². The Kier molecular flexibility index (Phi) is 7.83. The molecule has 6 heteroatoms. The Morgan fingerprint density at radius 3 is 2.47 bits per heavy atom. The van der Waals surface area contributed by atoms with Gasteiger partial charge in [0.25, 0.3) is 0 Å². The number of H-pyrrole nitrogens is 2. The molecule has 1 aromatic carbocycles. The monoisotopic (exact) mass is 622 g/mol. The first-order valence-electron chi connectivity index (χ1n) is 16.6. The molecule has 0 saturated heterocycles. The predicted octanol–water partition coefficient (Wildman–Crippen LogP) is 9.55. The fourth-order valence-corrected chi connectivity index (χ4v) is 7.76. The molecule has 3 aliphatic rings. The molecule has 47 heavy (non-hydrogen) atoms. The molecule has 0 radical (unpaired) electrons. The number of ether oxygens (including phenoxy) is 1. The topological polar surface area (TPSA) is 83.7 Å². The van der Waals surface area contributed by atoms with E-state index in [4.69, 9.17) is 14.7 Å². The number of methoxy groups -OCH3 is 1. The van der Waals surface area contributed by atoms with Crippen molar-refractivity contribution >= 4 is 51.3 Å². The molecule has 3 aromatic heterocycles. The van der Waals surface area contributed by atoms with Gasteiger partial charge in [-0.05, 0) is 85.2 Å². The molecular weight excluding hydrogens is 580 g/mol. The van der Waals surface area contributed by atoms with Crippen molar-refractivity contribution in [3.8, 4) is 0 Å². The van der Waals surface area contributed by atoms with Gasteiger partial charge < -0.3 is 14.7 Å². The number of nitrogens with one attached hydrogen (secondary N) is 2. The Morgan fingerprint density at radius 2 is 1.74 bits per heavy atom. The van der Waals surface area contributed by atoms with Crippen molar-refractivity contribution in [3.05, 3.63) is 117 Å². The quantitative estimate of drug-likeness (QED) is 0.210. The minimum atomic E-state index is -0.198. The maximum atomic E-state index is 12.4. The lowest BCUT2D eigenvalue weighted by atomic mass is 9.85. The first-order chi connectivity index (χ1) is 22.7. The third kappa shape index (κ3) is 5.16. The van der Waals surface area contributed by atoms with Crippen LogP contribution < -0.4 is 0 Å². The smallest absolute Gasteiger partial charge is 0.305 e. The van der Waals surface area contributed by atoms with Gasteiger partial charge in [-0.15, -0.1) is 0 Å². The van der Waals surface area contributed by atoms with Crippen LogP contribution in [0.4, 0.5) is 0 Å². The lowest BCUT2D eigenvalue weighted by Crippen LogP contribution is -2.09. The van der Waals surface area contributed by atoms with E-state index in [9.17, 15) is 4.79 Å². The van der Waals surface area contributed by atoms with Crippen LogP contribution in [0, 0.1) is 13.8 Å². The average molecular weight is 623 g/mol. The molecule has 7 rings (SSSR count). The second-order valence-electron chi connectivity index (χ2n) is 13.1. The molecule has 2 N–H and O–H groups in total. The second-order valence-corrected chi connectivity index (χ2v) is 13.1. The fraction of sp³-hybridized carbons (Fsp3) is 0.293. The van der Waals surface area contributed by atoms with Crippen LogP contribution in [0.5, 0.6) is 0 Å². The highest BCUT2D eigenvalue weighted by Crippen LogP contribution is 2.49. The third-order valence-corrected chi connectivity index (χ3v) is 10.4. The van der Waals surface area contributed by atoms with Crippen LogP contribution in [0.2, 0.25) is 0 Å². The molecule has 2 aliphatic heterocycles. The van der Waals surface area contributed by atoms with Crippen molar-refractivity contribution in [2.45, 2.75) is 72.1 Å². The second kappa shape index (κ2) is 12.0. The van der Waals surface area contributed by atoms with Crippen LogP contribution in [0.25, 0.3) is 45.4 Å². The van der Waals surface area contributed by atoms with E-state index in [1.807, 2.05) is 12.1 Å². The maximum absolute atomic E-state index is 12.4. The van der Waals surface area contributed by atoms with Gasteiger partial charge in [0.05, 0.1) is 24.2 Å². The Bertz CT molecular complexity index is 2180. The number of rotatable bonds is 6. The van der Waals surface area contributed by atoms with Crippen LogP contribution >= 0.6 is 0 Å². The summed E-state index contributed by atoms with van der Waals surface area (Å²) in [5, 5.41) is 0. The van der Waals surface area contributed by atoms with E-state index in [-0.39, 0.29) is 17.8 Å². The number of aromatic nitrogens is 4. The summed E-state index contributed by atoms with van der Waals surface area (Å²) in [6, 6.07) is 17.1. The third-order valence-electron chi connectivity index (χ3n) is 10.4. The number of fused-ring (bicyclic) bond motifs is 8. The van der Waals surface area contributed by atoms with Crippen molar-refractivity contribution in [3.63, 3.8) is 0 Å². The maximum Gasteiger partial charge on any atom is 0.305 e. The number of nitrogens with zero attached hydrogens (tertiary/aromatic N) is 2. The lowest BCUT2D eigenvalue weighted by Gasteiger charge is -2.16. The standard InChI is InChI=1S/C41H42N4O2/c1-8-28-22(3)32-19-34-24(5)30(15-16-38(46)47-7)40(44-34)31-18-27(17-26-13-11-10-12-14-26)39-25(6)35(45-41(31)39)21-37-29(9-2)23(4)33(43-37)20-36(28)42-32/h8,10-14,17,19-21,24,30,42-43H,1,9,15-16,18H2,2-7H3/b27-17+,32-19?,33-20?,34-19?,35-21?,36-20?,37-21?,40-31?/t24-,30-/m0/s1. The first kappa shape index (κ1) is 30.7. The summed E-state index contributed by atoms with van der Waals surface area (Å²) >= 11 is 0. The zero-order valence-electron chi connectivity index (χ0n) is 28.2. The molecule has 4 aromatic rings. The number of hydrogen-bond acceptors (Lipinski definition) is 4. The highest BCUT2D eigenvalue weighted by Gasteiger charge is 2.37. The van der Waals surface area contributed by atoms with E-state index in [0.717, 1.165) is 79.9 Å². The molecule has 6 nitrogen and oxygen atoms in total. The SMILES string of the molecule is C=Cc1c(C)c2cc3nc(c4c5nc(cc6[nH]c(cc1[nH]2)c(C)c6CC)C(C)=C5/C(=C/c1ccccc1)C4)[C@@H](CCC(=O)OC)[C@@H]3C. The summed E-state index contributed by atoms with van der Waals surface area (Å²) in [7, 11) is 1.46. The van der Waals surface area contributed by atoms with Crippen molar-refractivity contribution in [1.29, 1.82) is 0 Å². The van der Waals surface area contributed by atoms with E-state index >= 15 is 0 Å². The van der Waals surface area contributed by atoms with Crippen molar-refractivity contribution in [2.24, 2.45) is 0 Å². The van der Waals surface area contributed by atoms with Crippen LogP contribution in [-0.2, 0) is 22.4 Å². The Labute approximate surface area is 276 Å². The molecule has 0 saturated carbocycles.